The normalized spacial score (nSPS) is 12.3. The van der Waals surface area contributed by atoms with E-state index in [1.54, 1.807) is 7.11 Å². The van der Waals surface area contributed by atoms with Gasteiger partial charge in [-0.25, -0.2) is 0 Å². The molecule has 0 spiro atoms. The fourth-order valence-electron chi connectivity index (χ4n) is 3.63. The smallest absolute Gasteiger partial charge is 0.236 e. The van der Waals surface area contributed by atoms with Gasteiger partial charge in [-0.3, -0.25) is 9.36 Å². The fraction of sp³-hybridized carbons (Fsp3) is 0.375. The second-order valence-electron chi connectivity index (χ2n) is 7.90. The third-order valence-corrected chi connectivity index (χ3v) is 6.00. The molecule has 1 aromatic heterocycles. The second-order valence-corrected chi connectivity index (χ2v) is 9.21. The number of hydrogen-bond acceptors (Lipinski definition) is 5. The molecule has 0 saturated carbocycles. The van der Waals surface area contributed by atoms with E-state index in [1.807, 2.05) is 98.7 Å². The highest BCUT2D eigenvalue weighted by molar-refractivity contribution is 8.00. The van der Waals surface area contributed by atoms with Crippen LogP contribution in [0.1, 0.15) is 34.6 Å². The Morgan fingerprint density at radius 1 is 0.968 bits per heavy atom. The van der Waals surface area contributed by atoms with Crippen LogP contribution >= 0.6 is 11.8 Å². The van der Waals surface area contributed by atoms with E-state index in [0.29, 0.717) is 11.0 Å². The quantitative estimate of drug-likeness (QED) is 0.460. The van der Waals surface area contributed by atoms with Crippen molar-refractivity contribution >= 4 is 17.7 Å². The Kier molecular flexibility index (Phi) is 7.38. The molecule has 3 aromatic rings. The van der Waals surface area contributed by atoms with Crippen molar-refractivity contribution in [3.63, 3.8) is 0 Å². The predicted octanol–water partition coefficient (Wildman–Crippen LogP) is 5.07. The van der Waals surface area contributed by atoms with E-state index >= 15 is 0 Å². The van der Waals surface area contributed by atoms with Gasteiger partial charge >= 0.3 is 0 Å². The number of nitrogens with zero attached hydrogens (tertiary/aromatic N) is 4. The van der Waals surface area contributed by atoms with Crippen LogP contribution in [0.5, 0.6) is 5.75 Å². The Hall–Kier alpha value is -2.80. The lowest BCUT2D eigenvalue weighted by molar-refractivity contribution is -0.133. The third kappa shape index (κ3) is 5.10. The molecule has 6 nitrogen and oxygen atoms in total. The number of para-hydroxylation sites is 1. The first-order valence-electron chi connectivity index (χ1n) is 10.5. The molecule has 164 valence electrons. The number of ether oxygens (including phenoxy) is 1. The summed E-state index contributed by atoms with van der Waals surface area (Å²) in [6.07, 6.45) is 0. The van der Waals surface area contributed by atoms with Gasteiger partial charge in [0.2, 0.25) is 5.91 Å². The summed E-state index contributed by atoms with van der Waals surface area (Å²) in [6, 6.07) is 18.0. The summed E-state index contributed by atoms with van der Waals surface area (Å²) in [7, 11) is 1.64. The summed E-state index contributed by atoms with van der Waals surface area (Å²) in [5.41, 5.74) is 1.84. The molecule has 31 heavy (non-hydrogen) atoms. The molecule has 1 atom stereocenters. The first-order valence-corrected chi connectivity index (χ1v) is 11.4. The lowest BCUT2D eigenvalue weighted by Gasteiger charge is -2.32. The third-order valence-electron chi connectivity index (χ3n) is 4.97. The monoisotopic (exact) mass is 438 g/mol. The highest BCUT2D eigenvalue weighted by atomic mass is 32.2. The summed E-state index contributed by atoms with van der Waals surface area (Å²) in [5, 5.41) is 9.32. The van der Waals surface area contributed by atoms with Crippen molar-refractivity contribution in [1.82, 2.24) is 19.7 Å². The number of thioether (sulfide) groups is 1. The van der Waals surface area contributed by atoms with Crippen molar-refractivity contribution in [2.75, 3.05) is 7.11 Å². The van der Waals surface area contributed by atoms with Gasteiger partial charge in [-0.05, 0) is 58.9 Å². The highest BCUT2D eigenvalue weighted by Gasteiger charge is 2.28. The van der Waals surface area contributed by atoms with Crippen LogP contribution in [0.3, 0.4) is 0 Å². The van der Waals surface area contributed by atoms with E-state index in [0.717, 1.165) is 17.0 Å². The minimum atomic E-state index is -0.297. The second kappa shape index (κ2) is 10.0. The van der Waals surface area contributed by atoms with Crippen molar-refractivity contribution < 1.29 is 9.53 Å². The molecule has 1 heterocycles. The Morgan fingerprint density at radius 3 is 2.26 bits per heavy atom. The zero-order valence-corrected chi connectivity index (χ0v) is 19.8. The molecule has 0 bridgehead atoms. The summed E-state index contributed by atoms with van der Waals surface area (Å²) < 4.78 is 7.38. The average molecular weight is 439 g/mol. The van der Waals surface area contributed by atoms with E-state index in [-0.39, 0.29) is 23.2 Å². The number of carbonyl (C=O) groups excluding carboxylic acids is 1. The number of carbonyl (C=O) groups is 1. The Balaban J connectivity index is 2.01. The van der Waals surface area contributed by atoms with Crippen LogP contribution in [-0.4, -0.2) is 50.0 Å². The molecule has 0 aliphatic heterocycles. The molecule has 0 saturated heterocycles. The van der Waals surface area contributed by atoms with Gasteiger partial charge in [0.25, 0.3) is 0 Å². The van der Waals surface area contributed by atoms with Gasteiger partial charge in [0.15, 0.2) is 11.0 Å². The predicted molar refractivity (Wildman–Crippen MR) is 126 cm³/mol. The maximum Gasteiger partial charge on any atom is 0.236 e. The van der Waals surface area contributed by atoms with E-state index in [1.165, 1.54) is 11.8 Å². The van der Waals surface area contributed by atoms with Crippen molar-refractivity contribution in [3.8, 4) is 22.8 Å². The zero-order valence-electron chi connectivity index (χ0n) is 18.9. The minimum absolute atomic E-state index is 0.0977. The van der Waals surface area contributed by atoms with Gasteiger partial charge in [0.05, 0.1) is 12.4 Å². The Bertz CT molecular complexity index is 1010. The average Bonchev–Trinajstić information content (AvgIpc) is 3.17. The van der Waals surface area contributed by atoms with Crippen molar-refractivity contribution in [2.45, 2.75) is 57.1 Å². The fourth-order valence-corrected chi connectivity index (χ4v) is 4.55. The number of benzene rings is 2. The van der Waals surface area contributed by atoms with Crippen LogP contribution < -0.4 is 4.74 Å². The number of rotatable bonds is 8. The zero-order chi connectivity index (χ0) is 22.5. The van der Waals surface area contributed by atoms with Gasteiger partial charge in [-0.15, -0.1) is 10.2 Å². The molecule has 7 heteroatoms. The van der Waals surface area contributed by atoms with Crippen molar-refractivity contribution in [3.05, 3.63) is 54.6 Å². The number of amides is 1. The topological polar surface area (TPSA) is 60.3 Å². The van der Waals surface area contributed by atoms with E-state index in [2.05, 4.69) is 10.2 Å². The van der Waals surface area contributed by atoms with Gasteiger partial charge in [-0.1, -0.05) is 42.1 Å². The molecule has 0 radical (unpaired) electrons. The van der Waals surface area contributed by atoms with Crippen LogP contribution in [0, 0.1) is 0 Å². The first-order chi connectivity index (χ1) is 14.8. The number of hydrogen-bond donors (Lipinski definition) is 0. The molecular weight excluding hydrogens is 408 g/mol. The molecule has 1 unspecified atom stereocenters. The molecule has 0 aliphatic rings. The molecule has 0 fully saturated rings. The molecule has 0 aliphatic carbocycles. The maximum absolute atomic E-state index is 13.2. The van der Waals surface area contributed by atoms with Gasteiger partial charge in [0.1, 0.15) is 5.75 Å². The maximum atomic E-state index is 13.2. The van der Waals surface area contributed by atoms with Gasteiger partial charge < -0.3 is 9.64 Å². The largest absolute Gasteiger partial charge is 0.497 e. The van der Waals surface area contributed by atoms with Crippen LogP contribution in [0.15, 0.2) is 59.8 Å². The van der Waals surface area contributed by atoms with Crippen LogP contribution in [-0.2, 0) is 4.79 Å². The molecule has 3 rings (SSSR count). The lowest BCUT2D eigenvalue weighted by atomic mass is 10.2. The number of methoxy groups -OCH3 is 1. The van der Waals surface area contributed by atoms with Gasteiger partial charge in [-0.2, -0.15) is 0 Å². The molecule has 0 N–H and O–H groups in total. The summed E-state index contributed by atoms with van der Waals surface area (Å²) in [4.78, 5) is 15.1. The molecule has 1 amide bonds. The molecular formula is C24H30N4O2S. The van der Waals surface area contributed by atoms with E-state index in [4.69, 9.17) is 4.74 Å². The van der Waals surface area contributed by atoms with Crippen LogP contribution in [0.25, 0.3) is 17.1 Å². The van der Waals surface area contributed by atoms with E-state index < -0.39 is 0 Å². The van der Waals surface area contributed by atoms with Crippen LogP contribution in [0.2, 0.25) is 0 Å². The Morgan fingerprint density at radius 2 is 1.65 bits per heavy atom. The van der Waals surface area contributed by atoms with Crippen LogP contribution in [0.4, 0.5) is 0 Å². The van der Waals surface area contributed by atoms with E-state index in [9.17, 15) is 4.79 Å². The first kappa shape index (κ1) is 22.9. The van der Waals surface area contributed by atoms with Gasteiger partial charge in [0, 0.05) is 23.3 Å². The SMILES string of the molecule is COc1cccc(-c2nnc(SC(C)C(=O)N(C(C)C)C(C)C)n2-c2ccccc2)c1. The minimum Gasteiger partial charge on any atom is -0.497 e. The summed E-state index contributed by atoms with van der Waals surface area (Å²) in [6.45, 7) is 10.1. The summed E-state index contributed by atoms with van der Waals surface area (Å²) in [5.74, 6) is 1.56. The number of aromatic nitrogens is 3. The standard InChI is InChI=1S/C24H30N4O2S/c1-16(2)27(17(3)4)23(29)18(5)31-24-26-25-22(19-11-10-14-21(15-19)30-6)28(24)20-12-8-7-9-13-20/h7-18H,1-6H3. The highest BCUT2D eigenvalue weighted by Crippen LogP contribution is 2.32. The lowest BCUT2D eigenvalue weighted by Crippen LogP contribution is -2.45. The molecule has 2 aromatic carbocycles. The summed E-state index contributed by atoms with van der Waals surface area (Å²) >= 11 is 1.43. The Labute approximate surface area is 188 Å². The van der Waals surface area contributed by atoms with Crippen molar-refractivity contribution in [2.24, 2.45) is 0 Å². The van der Waals surface area contributed by atoms with Crippen molar-refractivity contribution in [1.29, 1.82) is 0 Å².